The van der Waals surface area contributed by atoms with Crippen molar-refractivity contribution in [3.8, 4) is 5.75 Å². The average molecular weight is 453 g/mol. The van der Waals surface area contributed by atoms with Crippen molar-refractivity contribution in [2.24, 2.45) is 11.8 Å². The molecule has 3 unspecified atom stereocenters. The van der Waals surface area contributed by atoms with E-state index in [-0.39, 0.29) is 22.7 Å². The quantitative estimate of drug-likeness (QED) is 0.281. The van der Waals surface area contributed by atoms with E-state index in [1.54, 1.807) is 12.1 Å². The third kappa shape index (κ3) is 4.23. The van der Waals surface area contributed by atoms with Crippen LogP contribution in [0, 0.1) is 22.0 Å². The zero-order valence-electron chi connectivity index (χ0n) is 18.1. The van der Waals surface area contributed by atoms with E-state index in [4.69, 9.17) is 16.3 Å². The fraction of sp³-hybridized carbons (Fsp3) is 0.462. The van der Waals surface area contributed by atoms with Crippen LogP contribution in [-0.4, -0.2) is 11.5 Å². The van der Waals surface area contributed by atoms with Gasteiger partial charge in [-0.1, -0.05) is 61.9 Å². The first kappa shape index (κ1) is 21.3. The molecule has 3 atom stereocenters. The van der Waals surface area contributed by atoms with E-state index in [0.29, 0.717) is 5.92 Å². The van der Waals surface area contributed by atoms with E-state index in [9.17, 15) is 10.1 Å². The van der Waals surface area contributed by atoms with Crippen LogP contribution in [0.3, 0.4) is 0 Å². The van der Waals surface area contributed by atoms with Crippen LogP contribution in [0.15, 0.2) is 48.6 Å². The second-order valence-electron chi connectivity index (χ2n) is 9.33. The summed E-state index contributed by atoms with van der Waals surface area (Å²) in [4.78, 5) is 11.0. The number of nitro benzene ring substituents is 1. The number of hydrogen-bond donors (Lipinski definition) is 1. The highest BCUT2D eigenvalue weighted by molar-refractivity contribution is 6.32. The molecule has 1 N–H and O–H groups in total. The predicted molar refractivity (Wildman–Crippen MR) is 128 cm³/mol. The smallest absolute Gasteiger partial charge is 0.288 e. The molecule has 0 saturated heterocycles. The van der Waals surface area contributed by atoms with Crippen molar-refractivity contribution >= 4 is 23.0 Å². The van der Waals surface area contributed by atoms with Crippen LogP contribution < -0.4 is 10.1 Å². The Bertz CT molecular complexity index is 1030. The first-order chi connectivity index (χ1) is 15.6. The molecular weight excluding hydrogens is 424 g/mol. The number of rotatable bonds is 6. The first-order valence-electron chi connectivity index (χ1n) is 11.7. The maximum absolute atomic E-state index is 11.4. The number of allylic oxidation sites excluding steroid dienone is 2. The van der Waals surface area contributed by atoms with Crippen molar-refractivity contribution in [3.63, 3.8) is 0 Å². The summed E-state index contributed by atoms with van der Waals surface area (Å²) in [6.07, 6.45) is 13.4. The van der Waals surface area contributed by atoms with Crippen molar-refractivity contribution in [2.45, 2.75) is 56.9 Å². The number of anilines is 1. The summed E-state index contributed by atoms with van der Waals surface area (Å²) in [7, 11) is 0. The number of hydrogen-bond acceptors (Lipinski definition) is 4. The molecule has 3 aliphatic rings. The van der Waals surface area contributed by atoms with Crippen molar-refractivity contribution < 1.29 is 9.66 Å². The molecule has 1 aliphatic heterocycles. The lowest BCUT2D eigenvalue weighted by Gasteiger charge is -2.37. The standard InChI is InChI=1S/C26H29ClN2O3/c27-23-11-9-18(15-25(23)29(30)31)26-21-8-4-7-20(21)22-16-19(10-12-24(22)28-26)32-14-13-17-5-2-1-3-6-17/h4,7,9-12,15-17,20-21,26,28H,1-3,5-6,8,13-14H2. The molecule has 0 radical (unpaired) electrons. The normalized spacial score (nSPS) is 24.5. The molecular formula is C26H29ClN2O3. The minimum absolute atomic E-state index is 0.00321. The second-order valence-corrected chi connectivity index (χ2v) is 9.74. The van der Waals surface area contributed by atoms with Crippen LogP contribution in [0.25, 0.3) is 0 Å². The molecule has 2 aromatic rings. The molecule has 5 nitrogen and oxygen atoms in total. The van der Waals surface area contributed by atoms with E-state index in [0.717, 1.165) is 42.4 Å². The maximum atomic E-state index is 11.4. The third-order valence-electron chi connectivity index (χ3n) is 7.38. The van der Waals surface area contributed by atoms with Crippen LogP contribution in [0.1, 0.15) is 68.0 Å². The molecule has 0 bridgehead atoms. The number of halogens is 1. The Morgan fingerprint density at radius 3 is 2.78 bits per heavy atom. The lowest BCUT2D eigenvalue weighted by Crippen LogP contribution is -2.29. The van der Waals surface area contributed by atoms with Gasteiger partial charge in [-0.15, -0.1) is 0 Å². The van der Waals surface area contributed by atoms with Crippen LogP contribution >= 0.6 is 11.6 Å². The van der Waals surface area contributed by atoms with Gasteiger partial charge >= 0.3 is 0 Å². The number of nitrogens with zero attached hydrogens (tertiary/aromatic N) is 1. The first-order valence-corrected chi connectivity index (χ1v) is 12.1. The van der Waals surface area contributed by atoms with Crippen molar-refractivity contribution in [3.05, 3.63) is 74.8 Å². The lowest BCUT2D eigenvalue weighted by atomic mass is 9.77. The van der Waals surface area contributed by atoms with Gasteiger partial charge in [-0.2, -0.15) is 0 Å². The van der Waals surface area contributed by atoms with Gasteiger partial charge in [-0.05, 0) is 60.1 Å². The number of nitrogens with one attached hydrogen (secondary N) is 1. The summed E-state index contributed by atoms with van der Waals surface area (Å²) >= 11 is 6.04. The average Bonchev–Trinajstić information content (AvgIpc) is 3.30. The van der Waals surface area contributed by atoms with Gasteiger partial charge in [-0.3, -0.25) is 10.1 Å². The molecule has 1 saturated carbocycles. The molecule has 6 heteroatoms. The molecule has 1 heterocycles. The maximum Gasteiger partial charge on any atom is 0.288 e. The third-order valence-corrected chi connectivity index (χ3v) is 7.70. The Balaban J connectivity index is 1.34. The van der Waals surface area contributed by atoms with Gasteiger partial charge in [0.15, 0.2) is 0 Å². The highest BCUT2D eigenvalue weighted by Crippen LogP contribution is 2.51. The van der Waals surface area contributed by atoms with Gasteiger partial charge in [0.05, 0.1) is 17.6 Å². The van der Waals surface area contributed by atoms with Gasteiger partial charge in [0.25, 0.3) is 5.69 Å². The Morgan fingerprint density at radius 1 is 1.12 bits per heavy atom. The van der Waals surface area contributed by atoms with Gasteiger partial charge in [-0.25, -0.2) is 0 Å². The summed E-state index contributed by atoms with van der Waals surface area (Å²) in [5, 5.41) is 15.2. The molecule has 32 heavy (non-hydrogen) atoms. The largest absolute Gasteiger partial charge is 0.494 e. The fourth-order valence-corrected chi connectivity index (χ4v) is 5.86. The minimum Gasteiger partial charge on any atom is -0.494 e. The number of benzene rings is 2. The summed E-state index contributed by atoms with van der Waals surface area (Å²) in [5.74, 6) is 2.32. The summed E-state index contributed by atoms with van der Waals surface area (Å²) < 4.78 is 6.15. The fourth-order valence-electron chi connectivity index (χ4n) is 5.67. The highest BCUT2D eigenvalue weighted by Gasteiger charge is 2.38. The van der Waals surface area contributed by atoms with E-state index in [1.165, 1.54) is 37.7 Å². The summed E-state index contributed by atoms with van der Waals surface area (Å²) in [6, 6.07) is 11.4. The molecule has 2 aliphatic carbocycles. The van der Waals surface area contributed by atoms with Gasteiger partial charge in [0.2, 0.25) is 0 Å². The number of nitro groups is 1. The van der Waals surface area contributed by atoms with Crippen LogP contribution in [0.4, 0.5) is 11.4 Å². The topological polar surface area (TPSA) is 64.4 Å². The Morgan fingerprint density at radius 2 is 1.97 bits per heavy atom. The van der Waals surface area contributed by atoms with Crippen LogP contribution in [0.5, 0.6) is 5.75 Å². The molecule has 0 spiro atoms. The SMILES string of the molecule is O=[N+]([O-])c1cc(C2Nc3ccc(OCCC4CCCCC4)cc3C3C=CCC32)ccc1Cl. The molecule has 5 rings (SSSR count). The Kier molecular flexibility index (Phi) is 6.09. The summed E-state index contributed by atoms with van der Waals surface area (Å²) in [6.45, 7) is 0.776. The Labute approximate surface area is 194 Å². The molecule has 0 amide bonds. The Hall–Kier alpha value is -2.53. The highest BCUT2D eigenvalue weighted by atomic mass is 35.5. The molecule has 1 fully saturated rings. The van der Waals surface area contributed by atoms with Gasteiger partial charge < -0.3 is 10.1 Å². The van der Waals surface area contributed by atoms with Crippen molar-refractivity contribution in [1.82, 2.24) is 0 Å². The summed E-state index contributed by atoms with van der Waals surface area (Å²) in [5.41, 5.74) is 3.18. The minimum atomic E-state index is -0.413. The van der Waals surface area contributed by atoms with Gasteiger partial charge in [0, 0.05) is 17.7 Å². The van der Waals surface area contributed by atoms with Crippen LogP contribution in [0.2, 0.25) is 5.02 Å². The van der Waals surface area contributed by atoms with E-state index >= 15 is 0 Å². The monoisotopic (exact) mass is 452 g/mol. The van der Waals surface area contributed by atoms with Crippen molar-refractivity contribution in [2.75, 3.05) is 11.9 Å². The van der Waals surface area contributed by atoms with E-state index < -0.39 is 4.92 Å². The molecule has 2 aromatic carbocycles. The van der Waals surface area contributed by atoms with E-state index in [1.807, 2.05) is 12.1 Å². The van der Waals surface area contributed by atoms with E-state index in [2.05, 4.69) is 29.6 Å². The zero-order chi connectivity index (χ0) is 22.1. The lowest BCUT2D eigenvalue weighted by molar-refractivity contribution is -0.384. The van der Waals surface area contributed by atoms with Crippen molar-refractivity contribution in [1.29, 1.82) is 0 Å². The predicted octanol–water partition coefficient (Wildman–Crippen LogP) is 7.42. The zero-order valence-corrected chi connectivity index (χ0v) is 18.9. The van der Waals surface area contributed by atoms with Crippen LogP contribution in [-0.2, 0) is 0 Å². The number of ether oxygens (including phenoxy) is 1. The van der Waals surface area contributed by atoms with Gasteiger partial charge in [0.1, 0.15) is 10.8 Å². The molecule has 168 valence electrons. The number of fused-ring (bicyclic) bond motifs is 3. The molecule has 0 aromatic heterocycles. The second kappa shape index (κ2) is 9.14.